The summed E-state index contributed by atoms with van der Waals surface area (Å²) < 4.78 is 5.76. The highest BCUT2D eigenvalue weighted by molar-refractivity contribution is 5.76. The third kappa shape index (κ3) is 4.12. The van der Waals surface area contributed by atoms with Crippen LogP contribution in [0.15, 0.2) is 54.6 Å². The van der Waals surface area contributed by atoms with Crippen molar-refractivity contribution in [1.82, 2.24) is 0 Å². The Hall–Kier alpha value is -2.29. The largest absolute Gasteiger partial charge is 0.489 e. The zero-order valence-corrected chi connectivity index (χ0v) is 11.6. The quantitative estimate of drug-likeness (QED) is 0.876. The molecular formula is C17H19NO2. The molecule has 0 spiro atoms. The number of amides is 1. The summed E-state index contributed by atoms with van der Waals surface area (Å²) in [7, 11) is 0. The van der Waals surface area contributed by atoms with Crippen molar-refractivity contribution in [2.24, 2.45) is 11.7 Å². The van der Waals surface area contributed by atoms with Crippen molar-refractivity contribution in [3.63, 3.8) is 0 Å². The Bertz CT molecular complexity index is 566. The number of benzene rings is 2. The Balaban J connectivity index is 1.97. The van der Waals surface area contributed by atoms with E-state index < -0.39 is 0 Å². The standard InChI is InChI=1S/C17H19NO2/c1-13(17(18)19)10-15-8-5-9-16(11-15)20-12-14-6-3-2-4-7-14/h2-9,11,13H,10,12H2,1H3,(H2,18,19)/t13-/m1/s1. The monoisotopic (exact) mass is 269 g/mol. The molecule has 2 N–H and O–H groups in total. The first-order valence-corrected chi connectivity index (χ1v) is 6.70. The summed E-state index contributed by atoms with van der Waals surface area (Å²) in [4.78, 5) is 11.1. The molecule has 3 heteroatoms. The number of ether oxygens (including phenoxy) is 1. The average Bonchev–Trinajstić information content (AvgIpc) is 2.46. The van der Waals surface area contributed by atoms with Crippen LogP contribution < -0.4 is 10.5 Å². The molecule has 0 fully saturated rings. The smallest absolute Gasteiger partial charge is 0.220 e. The summed E-state index contributed by atoms with van der Waals surface area (Å²) in [5.74, 6) is 0.364. The molecular weight excluding hydrogens is 250 g/mol. The molecule has 0 bridgehead atoms. The van der Waals surface area contributed by atoms with Gasteiger partial charge >= 0.3 is 0 Å². The van der Waals surface area contributed by atoms with Gasteiger partial charge in [0.2, 0.25) is 5.91 Å². The second-order valence-electron chi connectivity index (χ2n) is 4.93. The molecule has 0 aromatic heterocycles. The lowest BCUT2D eigenvalue weighted by molar-refractivity contribution is -0.121. The van der Waals surface area contributed by atoms with Crippen LogP contribution in [-0.4, -0.2) is 5.91 Å². The zero-order chi connectivity index (χ0) is 14.4. The summed E-state index contributed by atoms with van der Waals surface area (Å²) in [5.41, 5.74) is 7.47. The van der Waals surface area contributed by atoms with Crippen molar-refractivity contribution in [3.8, 4) is 5.75 Å². The lowest BCUT2D eigenvalue weighted by Crippen LogP contribution is -2.22. The molecule has 0 aliphatic heterocycles. The van der Waals surface area contributed by atoms with E-state index in [0.29, 0.717) is 13.0 Å². The van der Waals surface area contributed by atoms with Gasteiger partial charge in [0, 0.05) is 5.92 Å². The first-order chi connectivity index (χ1) is 9.65. The van der Waals surface area contributed by atoms with Gasteiger partial charge in [-0.3, -0.25) is 4.79 Å². The zero-order valence-electron chi connectivity index (χ0n) is 11.6. The van der Waals surface area contributed by atoms with Gasteiger partial charge in [0.25, 0.3) is 0 Å². The number of carbonyl (C=O) groups excluding carboxylic acids is 1. The van der Waals surface area contributed by atoms with E-state index in [1.165, 1.54) is 0 Å². The highest BCUT2D eigenvalue weighted by Gasteiger charge is 2.09. The summed E-state index contributed by atoms with van der Waals surface area (Å²) >= 11 is 0. The van der Waals surface area contributed by atoms with Crippen LogP contribution in [0.4, 0.5) is 0 Å². The summed E-state index contributed by atoms with van der Waals surface area (Å²) in [6.45, 7) is 2.37. The van der Waals surface area contributed by atoms with E-state index in [0.717, 1.165) is 16.9 Å². The maximum absolute atomic E-state index is 11.1. The molecule has 0 aliphatic carbocycles. The topological polar surface area (TPSA) is 52.3 Å². The molecule has 0 aliphatic rings. The van der Waals surface area contributed by atoms with Crippen LogP contribution in [0.3, 0.4) is 0 Å². The first kappa shape index (κ1) is 14.1. The Morgan fingerprint density at radius 3 is 2.50 bits per heavy atom. The van der Waals surface area contributed by atoms with Gasteiger partial charge in [-0.15, -0.1) is 0 Å². The van der Waals surface area contributed by atoms with Crippen molar-refractivity contribution in [3.05, 3.63) is 65.7 Å². The number of primary amides is 1. The number of hydrogen-bond acceptors (Lipinski definition) is 2. The van der Waals surface area contributed by atoms with E-state index in [4.69, 9.17) is 10.5 Å². The summed E-state index contributed by atoms with van der Waals surface area (Å²) in [5, 5.41) is 0. The molecule has 20 heavy (non-hydrogen) atoms. The van der Waals surface area contributed by atoms with Gasteiger partial charge in [-0.2, -0.15) is 0 Å². The van der Waals surface area contributed by atoms with Crippen LogP contribution in [0.5, 0.6) is 5.75 Å². The summed E-state index contributed by atoms with van der Waals surface area (Å²) in [6.07, 6.45) is 0.637. The molecule has 104 valence electrons. The Morgan fingerprint density at radius 1 is 1.10 bits per heavy atom. The molecule has 0 heterocycles. The molecule has 0 unspecified atom stereocenters. The van der Waals surface area contributed by atoms with E-state index in [2.05, 4.69) is 0 Å². The number of nitrogens with two attached hydrogens (primary N) is 1. The Morgan fingerprint density at radius 2 is 1.80 bits per heavy atom. The highest BCUT2D eigenvalue weighted by Crippen LogP contribution is 2.17. The lowest BCUT2D eigenvalue weighted by atomic mass is 10.0. The highest BCUT2D eigenvalue weighted by atomic mass is 16.5. The van der Waals surface area contributed by atoms with Crippen LogP contribution in [-0.2, 0) is 17.8 Å². The average molecular weight is 269 g/mol. The minimum Gasteiger partial charge on any atom is -0.489 e. The predicted octanol–water partition coefficient (Wildman–Crippen LogP) is 2.93. The van der Waals surface area contributed by atoms with Crippen LogP contribution in [0.25, 0.3) is 0 Å². The molecule has 0 radical (unpaired) electrons. The van der Waals surface area contributed by atoms with Gasteiger partial charge in [0.15, 0.2) is 0 Å². The molecule has 1 amide bonds. The maximum atomic E-state index is 11.1. The third-order valence-corrected chi connectivity index (χ3v) is 3.17. The Kier molecular flexibility index (Phi) is 4.77. The van der Waals surface area contributed by atoms with Gasteiger partial charge in [-0.25, -0.2) is 0 Å². The van der Waals surface area contributed by atoms with Crippen molar-refractivity contribution in [2.75, 3.05) is 0 Å². The number of hydrogen-bond donors (Lipinski definition) is 1. The number of rotatable bonds is 6. The van der Waals surface area contributed by atoms with Crippen LogP contribution >= 0.6 is 0 Å². The third-order valence-electron chi connectivity index (χ3n) is 3.17. The SMILES string of the molecule is C[C@H](Cc1cccc(OCc2ccccc2)c1)C(N)=O. The van der Waals surface area contributed by atoms with E-state index in [1.807, 2.05) is 61.5 Å². The number of carbonyl (C=O) groups is 1. The lowest BCUT2D eigenvalue weighted by Gasteiger charge is -2.10. The van der Waals surface area contributed by atoms with Crippen molar-refractivity contribution in [2.45, 2.75) is 20.0 Å². The van der Waals surface area contributed by atoms with E-state index in [-0.39, 0.29) is 11.8 Å². The summed E-state index contributed by atoms with van der Waals surface area (Å²) in [6, 6.07) is 17.8. The molecule has 2 aromatic rings. The van der Waals surface area contributed by atoms with Gasteiger partial charge in [-0.05, 0) is 29.7 Å². The molecule has 1 atom stereocenters. The Labute approximate surface area is 119 Å². The van der Waals surface area contributed by atoms with Crippen molar-refractivity contribution < 1.29 is 9.53 Å². The fourth-order valence-corrected chi connectivity index (χ4v) is 1.96. The van der Waals surface area contributed by atoms with Gasteiger partial charge < -0.3 is 10.5 Å². The maximum Gasteiger partial charge on any atom is 0.220 e. The molecule has 0 saturated heterocycles. The second-order valence-corrected chi connectivity index (χ2v) is 4.93. The minimum atomic E-state index is -0.277. The predicted molar refractivity (Wildman–Crippen MR) is 79.3 cm³/mol. The fourth-order valence-electron chi connectivity index (χ4n) is 1.96. The molecule has 2 aromatic carbocycles. The van der Waals surface area contributed by atoms with E-state index in [9.17, 15) is 4.79 Å². The van der Waals surface area contributed by atoms with Gasteiger partial charge in [0.1, 0.15) is 12.4 Å². The molecule has 0 saturated carbocycles. The molecule has 2 rings (SSSR count). The van der Waals surface area contributed by atoms with Crippen LogP contribution in [0.2, 0.25) is 0 Å². The van der Waals surface area contributed by atoms with Gasteiger partial charge in [-0.1, -0.05) is 49.4 Å². The first-order valence-electron chi connectivity index (χ1n) is 6.70. The van der Waals surface area contributed by atoms with Gasteiger partial charge in [0.05, 0.1) is 0 Å². The van der Waals surface area contributed by atoms with E-state index in [1.54, 1.807) is 0 Å². The minimum absolute atomic E-state index is 0.167. The van der Waals surface area contributed by atoms with Crippen molar-refractivity contribution >= 4 is 5.91 Å². The normalized spacial score (nSPS) is 11.8. The fraction of sp³-hybridized carbons (Fsp3) is 0.235. The molecule has 3 nitrogen and oxygen atoms in total. The van der Waals surface area contributed by atoms with Crippen molar-refractivity contribution in [1.29, 1.82) is 0 Å². The van der Waals surface area contributed by atoms with Crippen LogP contribution in [0.1, 0.15) is 18.1 Å². The van der Waals surface area contributed by atoms with E-state index >= 15 is 0 Å². The van der Waals surface area contributed by atoms with Crippen LogP contribution in [0, 0.1) is 5.92 Å². The second kappa shape index (κ2) is 6.75.